The molecule has 1 aromatic heterocycles. The van der Waals surface area contributed by atoms with Gasteiger partial charge >= 0.3 is 0 Å². The maximum atomic E-state index is 11.7. The Bertz CT molecular complexity index is 358. The topological polar surface area (TPSA) is 37.8 Å². The van der Waals surface area contributed by atoms with Crippen molar-refractivity contribution in [3.8, 4) is 0 Å². The smallest absolute Gasteiger partial charge is 0.269 e. The van der Waals surface area contributed by atoms with Gasteiger partial charge in [-0.15, -0.1) is 0 Å². The van der Waals surface area contributed by atoms with Crippen LogP contribution in [0.2, 0.25) is 0 Å². The number of hydrogen-bond donors (Lipinski definition) is 1. The van der Waals surface area contributed by atoms with E-state index in [1.807, 2.05) is 0 Å². The molecule has 3 heteroatoms. The standard InChI is InChI=1S/C11H20N2O/c1-7(2)6-9-10(8(3)4)11(14)13(5)12-9/h7-8,12H,6H2,1-5H3. The van der Waals surface area contributed by atoms with Gasteiger partial charge < -0.3 is 0 Å². The molecule has 1 aromatic rings. The molecular formula is C11H20N2O. The van der Waals surface area contributed by atoms with E-state index in [1.54, 1.807) is 11.7 Å². The van der Waals surface area contributed by atoms with Crippen LogP contribution in [0.4, 0.5) is 0 Å². The summed E-state index contributed by atoms with van der Waals surface area (Å²) in [4.78, 5) is 11.7. The second kappa shape index (κ2) is 4.03. The first-order valence-electron chi connectivity index (χ1n) is 5.21. The number of hydrogen-bond acceptors (Lipinski definition) is 1. The molecule has 0 aliphatic carbocycles. The Morgan fingerprint density at radius 2 is 1.86 bits per heavy atom. The van der Waals surface area contributed by atoms with Crippen LogP contribution in [0.25, 0.3) is 0 Å². The molecule has 0 amide bonds. The van der Waals surface area contributed by atoms with Crippen molar-refractivity contribution in [1.82, 2.24) is 9.78 Å². The summed E-state index contributed by atoms with van der Waals surface area (Å²) < 4.78 is 1.58. The minimum absolute atomic E-state index is 0.121. The van der Waals surface area contributed by atoms with Crippen LogP contribution in [-0.2, 0) is 13.5 Å². The van der Waals surface area contributed by atoms with Crippen LogP contribution >= 0.6 is 0 Å². The summed E-state index contributed by atoms with van der Waals surface area (Å²) in [5.74, 6) is 0.874. The van der Waals surface area contributed by atoms with Gasteiger partial charge in [0.2, 0.25) is 0 Å². The Labute approximate surface area is 85.1 Å². The molecular weight excluding hydrogens is 176 g/mol. The molecule has 0 spiro atoms. The normalized spacial score (nSPS) is 11.6. The predicted molar refractivity (Wildman–Crippen MR) is 58.7 cm³/mol. The first-order valence-corrected chi connectivity index (χ1v) is 5.21. The van der Waals surface area contributed by atoms with Crippen molar-refractivity contribution in [2.24, 2.45) is 13.0 Å². The minimum Gasteiger partial charge on any atom is -0.300 e. The molecule has 1 heterocycles. The van der Waals surface area contributed by atoms with Crippen LogP contribution in [0.1, 0.15) is 44.9 Å². The Morgan fingerprint density at radius 3 is 2.29 bits per heavy atom. The molecule has 0 radical (unpaired) electrons. The Kier molecular flexibility index (Phi) is 3.19. The lowest BCUT2D eigenvalue weighted by atomic mass is 9.98. The summed E-state index contributed by atoms with van der Waals surface area (Å²) in [6, 6.07) is 0. The lowest BCUT2D eigenvalue weighted by Gasteiger charge is -2.06. The van der Waals surface area contributed by atoms with Gasteiger partial charge in [0.1, 0.15) is 0 Å². The van der Waals surface area contributed by atoms with Crippen LogP contribution in [0.5, 0.6) is 0 Å². The Balaban J connectivity index is 3.16. The predicted octanol–water partition coefficient (Wildman–Crippen LogP) is 2.04. The molecule has 1 rings (SSSR count). The number of rotatable bonds is 3. The summed E-state index contributed by atoms with van der Waals surface area (Å²) in [5.41, 5.74) is 2.17. The van der Waals surface area contributed by atoms with Gasteiger partial charge in [0, 0.05) is 18.3 Å². The first-order chi connectivity index (χ1) is 6.43. The van der Waals surface area contributed by atoms with Crippen LogP contribution in [-0.4, -0.2) is 9.78 Å². The van der Waals surface area contributed by atoms with Crippen molar-refractivity contribution < 1.29 is 0 Å². The van der Waals surface area contributed by atoms with Gasteiger partial charge in [-0.1, -0.05) is 27.7 Å². The second-order valence-electron chi connectivity index (χ2n) is 4.62. The van der Waals surface area contributed by atoms with E-state index in [-0.39, 0.29) is 5.56 Å². The molecule has 0 fully saturated rings. The SMILES string of the molecule is CC(C)Cc1[nH]n(C)c(=O)c1C(C)C. The third-order valence-electron chi connectivity index (χ3n) is 2.35. The second-order valence-corrected chi connectivity index (χ2v) is 4.62. The van der Waals surface area contributed by atoms with E-state index in [4.69, 9.17) is 0 Å². The van der Waals surface area contributed by atoms with E-state index in [1.165, 1.54) is 0 Å². The van der Waals surface area contributed by atoms with Crippen LogP contribution in [0.15, 0.2) is 4.79 Å². The zero-order valence-electron chi connectivity index (χ0n) is 9.72. The highest BCUT2D eigenvalue weighted by Gasteiger charge is 2.15. The van der Waals surface area contributed by atoms with E-state index >= 15 is 0 Å². The summed E-state index contributed by atoms with van der Waals surface area (Å²) in [5, 5.41) is 3.13. The summed E-state index contributed by atoms with van der Waals surface area (Å²) in [7, 11) is 1.78. The highest BCUT2D eigenvalue weighted by atomic mass is 16.1. The molecule has 0 atom stereocenters. The lowest BCUT2D eigenvalue weighted by Crippen LogP contribution is -2.16. The van der Waals surface area contributed by atoms with Gasteiger partial charge in [0.25, 0.3) is 5.56 Å². The summed E-state index contributed by atoms with van der Waals surface area (Å²) in [6.07, 6.45) is 0.948. The summed E-state index contributed by atoms with van der Waals surface area (Å²) >= 11 is 0. The molecule has 3 nitrogen and oxygen atoms in total. The monoisotopic (exact) mass is 196 g/mol. The first kappa shape index (κ1) is 11.1. The molecule has 0 aliphatic rings. The van der Waals surface area contributed by atoms with E-state index in [2.05, 4.69) is 32.8 Å². The Hall–Kier alpha value is -0.990. The molecule has 80 valence electrons. The summed E-state index contributed by atoms with van der Waals surface area (Å²) in [6.45, 7) is 8.45. The van der Waals surface area contributed by atoms with E-state index in [0.29, 0.717) is 11.8 Å². The number of nitrogens with zero attached hydrogens (tertiary/aromatic N) is 1. The molecule has 0 aliphatic heterocycles. The molecule has 1 N–H and O–H groups in total. The van der Waals surface area contributed by atoms with Crippen LogP contribution in [0.3, 0.4) is 0 Å². The van der Waals surface area contributed by atoms with Crippen LogP contribution < -0.4 is 5.56 Å². The van der Waals surface area contributed by atoms with Crippen molar-refractivity contribution >= 4 is 0 Å². The number of aromatic nitrogens is 2. The van der Waals surface area contributed by atoms with E-state index < -0.39 is 0 Å². The molecule has 0 saturated heterocycles. The fraction of sp³-hybridized carbons (Fsp3) is 0.727. The van der Waals surface area contributed by atoms with Crippen molar-refractivity contribution in [2.45, 2.75) is 40.0 Å². The number of H-pyrrole nitrogens is 1. The van der Waals surface area contributed by atoms with Crippen molar-refractivity contribution in [1.29, 1.82) is 0 Å². The fourth-order valence-electron chi connectivity index (χ4n) is 1.78. The highest BCUT2D eigenvalue weighted by molar-refractivity contribution is 5.21. The molecule has 0 saturated carbocycles. The average molecular weight is 196 g/mol. The van der Waals surface area contributed by atoms with Gasteiger partial charge in [-0.3, -0.25) is 14.6 Å². The number of nitrogens with one attached hydrogen (secondary N) is 1. The number of aromatic amines is 1. The quantitative estimate of drug-likeness (QED) is 0.789. The minimum atomic E-state index is 0.121. The zero-order chi connectivity index (χ0) is 10.9. The molecule has 0 aromatic carbocycles. The molecule has 0 unspecified atom stereocenters. The zero-order valence-corrected chi connectivity index (χ0v) is 9.72. The van der Waals surface area contributed by atoms with Crippen molar-refractivity contribution in [2.75, 3.05) is 0 Å². The maximum absolute atomic E-state index is 11.7. The van der Waals surface area contributed by atoms with Crippen molar-refractivity contribution in [3.63, 3.8) is 0 Å². The largest absolute Gasteiger partial charge is 0.300 e. The van der Waals surface area contributed by atoms with Gasteiger partial charge in [0.15, 0.2) is 0 Å². The highest BCUT2D eigenvalue weighted by Crippen LogP contribution is 2.16. The third kappa shape index (κ3) is 2.08. The van der Waals surface area contributed by atoms with Gasteiger partial charge in [-0.2, -0.15) is 0 Å². The fourth-order valence-corrected chi connectivity index (χ4v) is 1.78. The molecule has 0 bridgehead atoms. The maximum Gasteiger partial charge on any atom is 0.269 e. The number of aryl methyl sites for hydroxylation is 1. The Morgan fingerprint density at radius 1 is 1.29 bits per heavy atom. The van der Waals surface area contributed by atoms with Crippen LogP contribution in [0, 0.1) is 5.92 Å². The molecule has 14 heavy (non-hydrogen) atoms. The lowest BCUT2D eigenvalue weighted by molar-refractivity contribution is 0.614. The van der Waals surface area contributed by atoms with E-state index in [9.17, 15) is 4.79 Å². The van der Waals surface area contributed by atoms with E-state index in [0.717, 1.165) is 17.7 Å². The average Bonchev–Trinajstić information content (AvgIpc) is 2.26. The van der Waals surface area contributed by atoms with Crippen molar-refractivity contribution in [3.05, 3.63) is 21.6 Å². The van der Waals surface area contributed by atoms with Gasteiger partial charge in [0.05, 0.1) is 0 Å². The third-order valence-corrected chi connectivity index (χ3v) is 2.35. The van der Waals surface area contributed by atoms with Gasteiger partial charge in [-0.05, 0) is 18.3 Å². The van der Waals surface area contributed by atoms with Gasteiger partial charge in [-0.25, -0.2) is 0 Å².